The predicted molar refractivity (Wildman–Crippen MR) is 45.5 cm³/mol. The smallest absolute Gasteiger partial charge is 0.121 e. The van der Waals surface area contributed by atoms with Crippen LogP contribution < -0.4 is 5.73 Å². The number of rotatable bonds is 0. The first-order valence-electron chi connectivity index (χ1n) is 3.47. The lowest BCUT2D eigenvalue weighted by molar-refractivity contribution is 0.451. The fraction of sp³-hybridized carbons (Fsp3) is 0.250. The maximum Gasteiger partial charge on any atom is 0.121 e. The SMILES string of the molecule is CC.Nc1cc(O)cc(O)c1. The van der Waals surface area contributed by atoms with Gasteiger partial charge in [-0.05, 0) is 0 Å². The standard InChI is InChI=1S/C6H7NO2.C2H6/c7-4-1-5(8)3-6(9)2-4;1-2/h1-3,8-9H,7H2;1-2H3. The van der Waals surface area contributed by atoms with E-state index in [1.165, 1.54) is 18.2 Å². The molecule has 3 heteroatoms. The molecule has 0 saturated carbocycles. The summed E-state index contributed by atoms with van der Waals surface area (Å²) < 4.78 is 0. The molecule has 0 aliphatic heterocycles. The van der Waals surface area contributed by atoms with Crippen molar-refractivity contribution >= 4 is 5.69 Å². The van der Waals surface area contributed by atoms with Gasteiger partial charge in [-0.2, -0.15) is 0 Å². The van der Waals surface area contributed by atoms with Gasteiger partial charge < -0.3 is 15.9 Å². The number of nitrogen functional groups attached to an aromatic ring is 1. The normalized spacial score (nSPS) is 8.18. The average Bonchev–Trinajstić information content (AvgIpc) is 1.88. The van der Waals surface area contributed by atoms with E-state index in [0.717, 1.165) is 0 Å². The van der Waals surface area contributed by atoms with Crippen molar-refractivity contribution in [2.24, 2.45) is 0 Å². The van der Waals surface area contributed by atoms with Crippen LogP contribution in [0.25, 0.3) is 0 Å². The van der Waals surface area contributed by atoms with Gasteiger partial charge in [0.1, 0.15) is 11.5 Å². The first kappa shape index (κ1) is 9.62. The summed E-state index contributed by atoms with van der Waals surface area (Å²) in [5, 5.41) is 17.5. The molecule has 0 aromatic heterocycles. The molecule has 4 N–H and O–H groups in total. The van der Waals surface area contributed by atoms with E-state index in [1.54, 1.807) is 0 Å². The molecule has 3 nitrogen and oxygen atoms in total. The highest BCUT2D eigenvalue weighted by molar-refractivity contribution is 5.49. The highest BCUT2D eigenvalue weighted by Crippen LogP contribution is 2.20. The number of benzene rings is 1. The minimum atomic E-state index is -0.0208. The third-order valence-corrected chi connectivity index (χ3v) is 0.925. The lowest BCUT2D eigenvalue weighted by Gasteiger charge is -1.95. The van der Waals surface area contributed by atoms with Gasteiger partial charge in [0.25, 0.3) is 0 Å². The van der Waals surface area contributed by atoms with Gasteiger partial charge >= 0.3 is 0 Å². The zero-order valence-corrected chi connectivity index (χ0v) is 6.70. The fourth-order valence-electron chi connectivity index (χ4n) is 0.618. The Bertz CT molecular complexity index is 173. The van der Waals surface area contributed by atoms with E-state index in [0.29, 0.717) is 5.69 Å². The molecule has 0 amide bonds. The monoisotopic (exact) mass is 155 g/mol. The van der Waals surface area contributed by atoms with Crippen LogP contribution in [0.3, 0.4) is 0 Å². The van der Waals surface area contributed by atoms with Crippen LogP contribution in [0.2, 0.25) is 0 Å². The van der Waals surface area contributed by atoms with Crippen molar-refractivity contribution in [3.63, 3.8) is 0 Å². The Kier molecular flexibility index (Phi) is 3.88. The number of anilines is 1. The van der Waals surface area contributed by atoms with E-state index < -0.39 is 0 Å². The predicted octanol–water partition coefficient (Wildman–Crippen LogP) is 1.71. The van der Waals surface area contributed by atoms with Gasteiger partial charge in [0, 0.05) is 23.9 Å². The van der Waals surface area contributed by atoms with Crippen LogP contribution in [0.15, 0.2) is 18.2 Å². The lowest BCUT2D eigenvalue weighted by atomic mass is 10.3. The molecule has 0 radical (unpaired) electrons. The summed E-state index contributed by atoms with van der Waals surface area (Å²) in [7, 11) is 0. The third-order valence-electron chi connectivity index (χ3n) is 0.925. The third kappa shape index (κ3) is 3.35. The maximum absolute atomic E-state index is 8.75. The average molecular weight is 155 g/mol. The van der Waals surface area contributed by atoms with Crippen LogP contribution in [0, 0.1) is 0 Å². The highest BCUT2D eigenvalue weighted by Gasteiger charge is 1.92. The highest BCUT2D eigenvalue weighted by atomic mass is 16.3. The van der Waals surface area contributed by atoms with Crippen LogP contribution in [-0.4, -0.2) is 10.2 Å². The molecule has 0 bridgehead atoms. The van der Waals surface area contributed by atoms with E-state index in [-0.39, 0.29) is 11.5 Å². The molecule has 1 aromatic rings. The number of phenols is 2. The molecule has 11 heavy (non-hydrogen) atoms. The van der Waals surface area contributed by atoms with Crippen molar-refractivity contribution in [1.29, 1.82) is 0 Å². The number of phenolic OH excluding ortho intramolecular Hbond substituents is 2. The second kappa shape index (κ2) is 4.44. The molecular weight excluding hydrogens is 142 g/mol. The second-order valence-electron chi connectivity index (χ2n) is 1.78. The Balaban J connectivity index is 0.000000461. The first-order valence-corrected chi connectivity index (χ1v) is 3.47. The van der Waals surface area contributed by atoms with Crippen LogP contribution in [0.5, 0.6) is 11.5 Å². The van der Waals surface area contributed by atoms with Gasteiger partial charge in [0.05, 0.1) is 0 Å². The first-order chi connectivity index (χ1) is 5.18. The summed E-state index contributed by atoms with van der Waals surface area (Å²) >= 11 is 0. The summed E-state index contributed by atoms with van der Waals surface area (Å²) in [6.07, 6.45) is 0. The summed E-state index contributed by atoms with van der Waals surface area (Å²) in [5.74, 6) is -0.0417. The maximum atomic E-state index is 8.75. The van der Waals surface area contributed by atoms with Gasteiger partial charge in [0.2, 0.25) is 0 Å². The van der Waals surface area contributed by atoms with E-state index in [9.17, 15) is 0 Å². The molecule has 62 valence electrons. The van der Waals surface area contributed by atoms with Crippen molar-refractivity contribution in [1.82, 2.24) is 0 Å². The number of aromatic hydroxyl groups is 2. The number of hydrogen-bond donors (Lipinski definition) is 3. The summed E-state index contributed by atoms with van der Waals surface area (Å²) in [5.41, 5.74) is 5.59. The Morgan fingerprint density at radius 2 is 1.36 bits per heavy atom. The molecule has 0 spiro atoms. The van der Waals surface area contributed by atoms with E-state index in [1.807, 2.05) is 13.8 Å². The molecule has 1 aromatic carbocycles. The van der Waals surface area contributed by atoms with Crippen molar-refractivity contribution in [3.05, 3.63) is 18.2 Å². The second-order valence-corrected chi connectivity index (χ2v) is 1.78. The Morgan fingerprint density at radius 3 is 1.64 bits per heavy atom. The van der Waals surface area contributed by atoms with E-state index >= 15 is 0 Å². The molecule has 1 rings (SSSR count). The Labute approximate surface area is 66.1 Å². The largest absolute Gasteiger partial charge is 0.508 e. The van der Waals surface area contributed by atoms with E-state index in [2.05, 4.69) is 0 Å². The lowest BCUT2D eigenvalue weighted by Crippen LogP contribution is -1.81. The van der Waals surface area contributed by atoms with Crippen LogP contribution >= 0.6 is 0 Å². The van der Waals surface area contributed by atoms with Crippen LogP contribution in [0.4, 0.5) is 5.69 Å². The zero-order chi connectivity index (χ0) is 8.85. The summed E-state index contributed by atoms with van der Waals surface area (Å²) in [4.78, 5) is 0. The minimum absolute atomic E-state index is 0.0208. The van der Waals surface area contributed by atoms with Crippen LogP contribution in [0.1, 0.15) is 13.8 Å². The van der Waals surface area contributed by atoms with Crippen molar-refractivity contribution in [2.45, 2.75) is 13.8 Å². The molecule has 0 unspecified atom stereocenters. The molecule has 0 aliphatic carbocycles. The van der Waals surface area contributed by atoms with Crippen molar-refractivity contribution in [3.8, 4) is 11.5 Å². The molecular formula is C8H13NO2. The van der Waals surface area contributed by atoms with Crippen molar-refractivity contribution in [2.75, 3.05) is 5.73 Å². The molecule has 0 fully saturated rings. The Hall–Kier alpha value is -1.38. The van der Waals surface area contributed by atoms with E-state index in [4.69, 9.17) is 15.9 Å². The van der Waals surface area contributed by atoms with Gasteiger partial charge in [-0.25, -0.2) is 0 Å². The van der Waals surface area contributed by atoms with Gasteiger partial charge in [0.15, 0.2) is 0 Å². The van der Waals surface area contributed by atoms with Gasteiger partial charge in [-0.3, -0.25) is 0 Å². The fourth-order valence-corrected chi connectivity index (χ4v) is 0.618. The number of nitrogens with two attached hydrogens (primary N) is 1. The molecule has 0 heterocycles. The van der Waals surface area contributed by atoms with Crippen molar-refractivity contribution < 1.29 is 10.2 Å². The molecule has 0 atom stereocenters. The quantitative estimate of drug-likeness (QED) is 0.499. The van der Waals surface area contributed by atoms with Gasteiger partial charge in [-0.15, -0.1) is 0 Å². The summed E-state index contributed by atoms with van der Waals surface area (Å²) in [6.45, 7) is 4.00. The zero-order valence-electron chi connectivity index (χ0n) is 6.70. The summed E-state index contributed by atoms with van der Waals surface area (Å²) in [6, 6.07) is 3.94. The molecule has 0 saturated heterocycles. The topological polar surface area (TPSA) is 66.5 Å². The number of hydrogen-bond acceptors (Lipinski definition) is 3. The molecule has 0 aliphatic rings. The Morgan fingerprint density at radius 1 is 1.00 bits per heavy atom. The minimum Gasteiger partial charge on any atom is -0.508 e. The van der Waals surface area contributed by atoms with Crippen LogP contribution in [-0.2, 0) is 0 Å². The van der Waals surface area contributed by atoms with Gasteiger partial charge in [-0.1, -0.05) is 13.8 Å².